The third kappa shape index (κ3) is 2.78. The Balaban J connectivity index is 1.79. The molecule has 0 amide bonds. The van der Waals surface area contributed by atoms with Crippen molar-refractivity contribution in [2.75, 3.05) is 13.1 Å². The van der Waals surface area contributed by atoms with Crippen molar-refractivity contribution in [3.05, 3.63) is 41.7 Å². The molecule has 22 heavy (non-hydrogen) atoms. The maximum absolute atomic E-state index is 12.8. The number of sulfonamides is 1. The second-order valence-corrected chi connectivity index (χ2v) is 7.66. The molecule has 1 aromatic carbocycles. The maximum Gasteiger partial charge on any atom is 0.243 e. The monoisotopic (exact) mass is 320 g/mol. The summed E-state index contributed by atoms with van der Waals surface area (Å²) in [5, 5.41) is 8.30. The predicted octanol–water partition coefficient (Wildman–Crippen LogP) is 1.92. The molecule has 2 aromatic rings. The van der Waals surface area contributed by atoms with E-state index in [9.17, 15) is 8.42 Å². The summed E-state index contributed by atoms with van der Waals surface area (Å²) in [4.78, 5) is 2.10. The minimum Gasteiger partial charge on any atom is -0.207 e. The van der Waals surface area contributed by atoms with Gasteiger partial charge < -0.3 is 0 Å². The molecule has 0 aliphatic carbocycles. The van der Waals surface area contributed by atoms with E-state index in [-0.39, 0.29) is 6.04 Å². The van der Waals surface area contributed by atoms with Crippen LogP contribution in [0.2, 0.25) is 0 Å². The van der Waals surface area contributed by atoms with Crippen LogP contribution in [-0.4, -0.2) is 40.8 Å². The van der Waals surface area contributed by atoms with Crippen molar-refractivity contribution in [2.45, 2.75) is 37.6 Å². The highest BCUT2D eigenvalue weighted by Gasteiger charge is 2.31. The molecule has 0 spiro atoms. The topological polar surface area (TPSA) is 68.1 Å². The highest BCUT2D eigenvalue weighted by molar-refractivity contribution is 7.89. The summed E-state index contributed by atoms with van der Waals surface area (Å²) in [7, 11) is -3.42. The maximum atomic E-state index is 12.8. The van der Waals surface area contributed by atoms with Gasteiger partial charge in [-0.25, -0.2) is 8.42 Å². The smallest absolute Gasteiger partial charge is 0.207 e. The molecule has 1 aromatic heterocycles. The Morgan fingerprint density at radius 1 is 1.09 bits per heavy atom. The molecular formula is C15H20N4O2S. The molecular weight excluding hydrogens is 300 g/mol. The Morgan fingerprint density at radius 2 is 1.73 bits per heavy atom. The quantitative estimate of drug-likeness (QED) is 0.866. The zero-order chi connectivity index (χ0) is 15.7. The van der Waals surface area contributed by atoms with Gasteiger partial charge in [-0.3, -0.25) is 0 Å². The van der Waals surface area contributed by atoms with Crippen LogP contribution in [0.25, 0.3) is 0 Å². The SMILES string of the molecule is Cc1ccc(C)c(S(=O)(=O)N2CCC(n3nccn3)CC2)c1. The molecule has 0 radical (unpaired) electrons. The summed E-state index contributed by atoms with van der Waals surface area (Å²) < 4.78 is 27.3. The number of piperidine rings is 1. The van der Waals surface area contributed by atoms with Gasteiger partial charge in [-0.2, -0.15) is 19.3 Å². The lowest BCUT2D eigenvalue weighted by Gasteiger charge is -2.31. The van der Waals surface area contributed by atoms with E-state index in [2.05, 4.69) is 10.2 Å². The van der Waals surface area contributed by atoms with E-state index in [1.54, 1.807) is 27.6 Å². The number of hydrogen-bond acceptors (Lipinski definition) is 4. The number of nitrogens with zero attached hydrogens (tertiary/aromatic N) is 4. The highest BCUT2D eigenvalue weighted by Crippen LogP contribution is 2.27. The number of hydrogen-bond donors (Lipinski definition) is 0. The van der Waals surface area contributed by atoms with Crippen molar-refractivity contribution in [3.63, 3.8) is 0 Å². The van der Waals surface area contributed by atoms with E-state index >= 15 is 0 Å². The molecule has 7 heteroatoms. The Morgan fingerprint density at radius 3 is 2.36 bits per heavy atom. The minimum atomic E-state index is -3.42. The number of aromatic nitrogens is 3. The third-order valence-electron chi connectivity index (χ3n) is 4.15. The first kappa shape index (κ1) is 15.2. The molecule has 0 N–H and O–H groups in total. The fourth-order valence-corrected chi connectivity index (χ4v) is 4.63. The Kier molecular flexibility index (Phi) is 4.01. The van der Waals surface area contributed by atoms with Gasteiger partial charge in [0, 0.05) is 13.1 Å². The van der Waals surface area contributed by atoms with Crippen LogP contribution in [0.1, 0.15) is 30.0 Å². The summed E-state index contributed by atoms with van der Waals surface area (Å²) in [5.41, 5.74) is 1.75. The molecule has 0 bridgehead atoms. The fraction of sp³-hybridized carbons (Fsp3) is 0.467. The second-order valence-electron chi connectivity index (χ2n) is 5.75. The number of aryl methyl sites for hydroxylation is 2. The van der Waals surface area contributed by atoms with Gasteiger partial charge in [0.15, 0.2) is 0 Å². The van der Waals surface area contributed by atoms with E-state index in [0.717, 1.165) is 24.0 Å². The lowest BCUT2D eigenvalue weighted by Crippen LogP contribution is -2.39. The molecule has 6 nitrogen and oxygen atoms in total. The van der Waals surface area contributed by atoms with Crippen molar-refractivity contribution in [2.24, 2.45) is 0 Å². The van der Waals surface area contributed by atoms with Gasteiger partial charge in [0.1, 0.15) is 0 Å². The van der Waals surface area contributed by atoms with Crippen LogP contribution in [-0.2, 0) is 10.0 Å². The molecule has 2 heterocycles. The van der Waals surface area contributed by atoms with Crippen molar-refractivity contribution in [1.82, 2.24) is 19.3 Å². The molecule has 118 valence electrons. The average molecular weight is 320 g/mol. The van der Waals surface area contributed by atoms with E-state index in [0.29, 0.717) is 18.0 Å². The van der Waals surface area contributed by atoms with Crippen LogP contribution < -0.4 is 0 Å². The second kappa shape index (κ2) is 5.81. The summed E-state index contributed by atoms with van der Waals surface area (Å²) in [6.45, 7) is 4.75. The van der Waals surface area contributed by atoms with Gasteiger partial charge in [-0.1, -0.05) is 12.1 Å². The summed E-state index contributed by atoms with van der Waals surface area (Å²) >= 11 is 0. The van der Waals surface area contributed by atoms with E-state index in [1.807, 2.05) is 26.0 Å². The van der Waals surface area contributed by atoms with Crippen molar-refractivity contribution >= 4 is 10.0 Å². The summed E-state index contributed by atoms with van der Waals surface area (Å²) in [6.07, 6.45) is 4.77. The first-order chi connectivity index (χ1) is 10.5. The van der Waals surface area contributed by atoms with E-state index in [1.165, 1.54) is 0 Å². The molecule has 1 aliphatic heterocycles. The molecule has 1 saturated heterocycles. The van der Waals surface area contributed by atoms with Gasteiger partial charge in [-0.05, 0) is 43.9 Å². The van der Waals surface area contributed by atoms with E-state index in [4.69, 9.17) is 0 Å². The molecule has 1 aliphatic rings. The number of benzene rings is 1. The summed E-state index contributed by atoms with van der Waals surface area (Å²) in [5.74, 6) is 0. The van der Waals surface area contributed by atoms with Crippen LogP contribution in [0.5, 0.6) is 0 Å². The lowest BCUT2D eigenvalue weighted by molar-refractivity contribution is 0.245. The van der Waals surface area contributed by atoms with Crippen molar-refractivity contribution in [1.29, 1.82) is 0 Å². The molecule has 0 unspecified atom stereocenters. The number of rotatable bonds is 3. The standard InChI is InChI=1S/C15H20N4O2S/c1-12-3-4-13(2)15(11-12)22(20,21)18-9-5-14(6-10-18)19-16-7-8-17-19/h3-4,7-8,11,14H,5-6,9-10H2,1-2H3. The zero-order valence-corrected chi connectivity index (χ0v) is 13.6. The van der Waals surface area contributed by atoms with Crippen LogP contribution in [0.3, 0.4) is 0 Å². The van der Waals surface area contributed by atoms with Gasteiger partial charge >= 0.3 is 0 Å². The minimum absolute atomic E-state index is 0.181. The Bertz CT molecular complexity index is 748. The van der Waals surface area contributed by atoms with Gasteiger partial charge in [0.25, 0.3) is 0 Å². The third-order valence-corrected chi connectivity index (χ3v) is 6.19. The van der Waals surface area contributed by atoms with Crippen LogP contribution >= 0.6 is 0 Å². The average Bonchev–Trinajstić information content (AvgIpc) is 3.04. The first-order valence-corrected chi connectivity index (χ1v) is 8.86. The Hall–Kier alpha value is -1.73. The van der Waals surface area contributed by atoms with Gasteiger partial charge in [-0.15, -0.1) is 0 Å². The van der Waals surface area contributed by atoms with E-state index < -0.39 is 10.0 Å². The Labute approximate surface area is 130 Å². The summed E-state index contributed by atoms with van der Waals surface area (Å²) in [6, 6.07) is 5.73. The van der Waals surface area contributed by atoms with Gasteiger partial charge in [0.05, 0.1) is 23.3 Å². The molecule has 1 fully saturated rings. The zero-order valence-electron chi connectivity index (χ0n) is 12.8. The first-order valence-electron chi connectivity index (χ1n) is 7.41. The largest absolute Gasteiger partial charge is 0.243 e. The van der Waals surface area contributed by atoms with Crippen molar-refractivity contribution < 1.29 is 8.42 Å². The molecule has 3 rings (SSSR count). The van der Waals surface area contributed by atoms with Crippen LogP contribution in [0.4, 0.5) is 0 Å². The van der Waals surface area contributed by atoms with Crippen molar-refractivity contribution in [3.8, 4) is 0 Å². The fourth-order valence-electron chi connectivity index (χ4n) is 2.85. The molecule has 0 atom stereocenters. The highest BCUT2D eigenvalue weighted by atomic mass is 32.2. The van der Waals surface area contributed by atoms with Gasteiger partial charge in [0.2, 0.25) is 10.0 Å². The lowest BCUT2D eigenvalue weighted by atomic mass is 10.1. The normalized spacial score (nSPS) is 17.7. The van der Waals surface area contributed by atoms with Crippen LogP contribution in [0.15, 0.2) is 35.5 Å². The predicted molar refractivity (Wildman–Crippen MR) is 83.0 cm³/mol. The van der Waals surface area contributed by atoms with Crippen LogP contribution in [0, 0.1) is 13.8 Å². The molecule has 0 saturated carbocycles.